The van der Waals surface area contributed by atoms with E-state index in [0.717, 1.165) is 30.6 Å². The first-order chi connectivity index (χ1) is 11.6. The lowest BCUT2D eigenvalue weighted by atomic mass is 10.3. The maximum Gasteiger partial charge on any atom is 0.351 e. The largest absolute Gasteiger partial charge is 0.462 e. The highest BCUT2D eigenvalue weighted by atomic mass is 35.5. The number of thioether (sulfide) groups is 1. The van der Waals surface area contributed by atoms with Crippen molar-refractivity contribution in [1.29, 1.82) is 5.26 Å². The summed E-state index contributed by atoms with van der Waals surface area (Å²) in [5.41, 5.74) is 0.924. The van der Waals surface area contributed by atoms with Crippen LogP contribution in [0.4, 0.5) is 0 Å². The maximum atomic E-state index is 12.0. The number of halogens is 1. The molecular formula is C17H22ClN3O2S. The van der Waals surface area contributed by atoms with Crippen LogP contribution in [-0.2, 0) is 16.1 Å². The second kappa shape index (κ2) is 11.8. The van der Waals surface area contributed by atoms with Crippen LogP contribution >= 0.6 is 23.4 Å². The van der Waals surface area contributed by atoms with E-state index in [-0.39, 0.29) is 12.2 Å². The Kier molecular flexibility index (Phi) is 9.97. The zero-order chi connectivity index (χ0) is 17.8. The fourth-order valence-electron chi connectivity index (χ4n) is 1.82. The Balaban J connectivity index is 2.84. The first-order valence-electron chi connectivity index (χ1n) is 7.90. The molecule has 1 aromatic rings. The molecule has 0 fully saturated rings. The second-order valence-electron chi connectivity index (χ2n) is 4.93. The average molecular weight is 368 g/mol. The van der Waals surface area contributed by atoms with Crippen molar-refractivity contribution in [2.75, 3.05) is 12.4 Å². The molecule has 0 atom stereocenters. The van der Waals surface area contributed by atoms with Gasteiger partial charge in [-0.2, -0.15) is 5.26 Å². The molecule has 7 heteroatoms. The van der Waals surface area contributed by atoms with Crippen molar-refractivity contribution in [1.82, 2.24) is 10.3 Å². The Labute approximate surface area is 152 Å². The van der Waals surface area contributed by atoms with Crippen LogP contribution in [0.2, 0.25) is 5.15 Å². The highest BCUT2D eigenvalue weighted by Crippen LogP contribution is 2.21. The summed E-state index contributed by atoms with van der Waals surface area (Å²) in [5.74, 6) is 0.235. The lowest BCUT2D eigenvalue weighted by molar-refractivity contribution is -0.138. The van der Waals surface area contributed by atoms with Crippen molar-refractivity contribution in [2.45, 2.75) is 39.7 Å². The summed E-state index contributed by atoms with van der Waals surface area (Å²) in [4.78, 5) is 16.0. The van der Waals surface area contributed by atoms with E-state index in [1.807, 2.05) is 12.1 Å². The number of nitrogens with zero attached hydrogens (tertiary/aromatic N) is 2. The van der Waals surface area contributed by atoms with Gasteiger partial charge in [0.05, 0.1) is 11.6 Å². The first-order valence-corrected chi connectivity index (χ1v) is 9.27. The predicted molar refractivity (Wildman–Crippen MR) is 97.3 cm³/mol. The third-order valence-corrected chi connectivity index (χ3v) is 4.41. The van der Waals surface area contributed by atoms with Gasteiger partial charge in [0, 0.05) is 12.7 Å². The first kappa shape index (κ1) is 20.3. The molecule has 1 heterocycles. The number of pyridine rings is 1. The normalized spacial score (nSPS) is 11.4. The molecule has 0 aliphatic rings. The Morgan fingerprint density at radius 1 is 1.42 bits per heavy atom. The van der Waals surface area contributed by atoms with E-state index in [2.05, 4.69) is 17.2 Å². The minimum atomic E-state index is -0.597. The zero-order valence-corrected chi connectivity index (χ0v) is 15.5. The maximum absolute atomic E-state index is 12.0. The molecule has 130 valence electrons. The van der Waals surface area contributed by atoms with Crippen LogP contribution in [-0.4, -0.2) is 23.3 Å². The van der Waals surface area contributed by atoms with Gasteiger partial charge in [-0.05, 0) is 30.7 Å². The van der Waals surface area contributed by atoms with Gasteiger partial charge < -0.3 is 10.1 Å². The smallest absolute Gasteiger partial charge is 0.351 e. The van der Waals surface area contributed by atoms with Gasteiger partial charge in [0.25, 0.3) is 0 Å². The van der Waals surface area contributed by atoms with Crippen LogP contribution in [0.1, 0.15) is 38.7 Å². The lowest BCUT2D eigenvalue weighted by Crippen LogP contribution is -2.18. The Hall–Kier alpha value is -1.71. The predicted octanol–water partition coefficient (Wildman–Crippen LogP) is 4.05. The highest BCUT2D eigenvalue weighted by molar-refractivity contribution is 8.03. The zero-order valence-electron chi connectivity index (χ0n) is 14.0. The molecule has 0 aliphatic carbocycles. The molecule has 0 amide bonds. The van der Waals surface area contributed by atoms with E-state index in [0.29, 0.717) is 16.7 Å². The fourth-order valence-corrected chi connectivity index (χ4v) is 2.94. The van der Waals surface area contributed by atoms with Crippen LogP contribution in [0.5, 0.6) is 0 Å². The topological polar surface area (TPSA) is 75.0 Å². The van der Waals surface area contributed by atoms with E-state index in [9.17, 15) is 10.1 Å². The van der Waals surface area contributed by atoms with Crippen LogP contribution in [0, 0.1) is 11.3 Å². The number of ether oxygens (including phenoxy) is 1. The Morgan fingerprint density at radius 2 is 2.21 bits per heavy atom. The summed E-state index contributed by atoms with van der Waals surface area (Å²) in [6, 6.07) is 5.50. The van der Waals surface area contributed by atoms with E-state index in [1.54, 1.807) is 19.2 Å². The molecule has 0 bridgehead atoms. The van der Waals surface area contributed by atoms with Gasteiger partial charge in [0.2, 0.25) is 0 Å². The van der Waals surface area contributed by atoms with Crippen molar-refractivity contribution in [3.63, 3.8) is 0 Å². The highest BCUT2D eigenvalue weighted by Gasteiger charge is 2.17. The third-order valence-electron chi connectivity index (χ3n) is 3.05. The number of hydrogen-bond donors (Lipinski definition) is 1. The van der Waals surface area contributed by atoms with Gasteiger partial charge in [0.15, 0.2) is 5.57 Å². The van der Waals surface area contributed by atoms with Gasteiger partial charge in [0.1, 0.15) is 11.2 Å². The number of nitriles is 1. The van der Waals surface area contributed by atoms with Crippen LogP contribution < -0.4 is 5.32 Å². The SMILES string of the molecule is CCCCCS/C(NCc1ccc(Cl)nc1)=C(\C#N)C(=O)OCC. The second-order valence-corrected chi connectivity index (χ2v) is 6.43. The van der Waals surface area contributed by atoms with Crippen molar-refractivity contribution in [3.05, 3.63) is 39.6 Å². The van der Waals surface area contributed by atoms with Gasteiger partial charge in [-0.3, -0.25) is 0 Å². The minimum Gasteiger partial charge on any atom is -0.462 e. The molecular weight excluding hydrogens is 346 g/mol. The van der Waals surface area contributed by atoms with Crippen LogP contribution in [0.3, 0.4) is 0 Å². The number of unbranched alkanes of at least 4 members (excludes halogenated alkanes) is 2. The summed E-state index contributed by atoms with van der Waals surface area (Å²) in [7, 11) is 0. The van der Waals surface area contributed by atoms with Crippen molar-refractivity contribution in [3.8, 4) is 6.07 Å². The number of aromatic nitrogens is 1. The number of nitrogens with one attached hydrogen (secondary N) is 1. The van der Waals surface area contributed by atoms with Crippen molar-refractivity contribution < 1.29 is 9.53 Å². The number of hydrogen-bond acceptors (Lipinski definition) is 6. The molecule has 0 saturated carbocycles. The Bertz CT molecular complexity index is 597. The van der Waals surface area contributed by atoms with Gasteiger partial charge in [-0.15, -0.1) is 11.8 Å². The molecule has 1 N–H and O–H groups in total. The van der Waals surface area contributed by atoms with E-state index < -0.39 is 5.97 Å². The van der Waals surface area contributed by atoms with E-state index in [4.69, 9.17) is 16.3 Å². The van der Waals surface area contributed by atoms with E-state index >= 15 is 0 Å². The monoisotopic (exact) mass is 367 g/mol. The molecule has 0 aromatic carbocycles. The number of carbonyl (C=O) groups is 1. The number of carbonyl (C=O) groups excluding carboxylic acids is 1. The summed E-state index contributed by atoms with van der Waals surface area (Å²) in [6.07, 6.45) is 4.91. The summed E-state index contributed by atoms with van der Waals surface area (Å²) in [5, 5.41) is 13.5. The summed E-state index contributed by atoms with van der Waals surface area (Å²) in [6.45, 7) is 4.53. The molecule has 1 rings (SSSR count). The molecule has 0 spiro atoms. The average Bonchev–Trinajstić information content (AvgIpc) is 2.58. The molecule has 0 unspecified atom stereocenters. The van der Waals surface area contributed by atoms with Crippen LogP contribution in [0.15, 0.2) is 28.9 Å². The fraction of sp³-hybridized carbons (Fsp3) is 0.471. The minimum absolute atomic E-state index is 0.0141. The van der Waals surface area contributed by atoms with Gasteiger partial charge >= 0.3 is 5.97 Å². The Morgan fingerprint density at radius 3 is 2.79 bits per heavy atom. The van der Waals surface area contributed by atoms with Crippen molar-refractivity contribution >= 4 is 29.3 Å². The molecule has 0 radical (unpaired) electrons. The molecule has 0 aliphatic heterocycles. The van der Waals surface area contributed by atoms with Gasteiger partial charge in [-0.1, -0.05) is 37.4 Å². The number of rotatable bonds is 10. The summed E-state index contributed by atoms with van der Waals surface area (Å²) >= 11 is 7.24. The third kappa shape index (κ3) is 7.24. The van der Waals surface area contributed by atoms with Gasteiger partial charge in [-0.25, -0.2) is 9.78 Å². The standard InChI is InChI=1S/C17H22ClN3O2S/c1-3-5-6-9-24-16(14(10-19)17(22)23-4-2)21-12-13-7-8-15(18)20-11-13/h7-8,11,21H,3-6,9,12H2,1-2H3/b16-14+. The lowest BCUT2D eigenvalue weighted by Gasteiger charge is -2.13. The number of esters is 1. The van der Waals surface area contributed by atoms with E-state index in [1.165, 1.54) is 11.8 Å². The molecule has 0 saturated heterocycles. The molecule has 5 nitrogen and oxygen atoms in total. The molecule has 1 aromatic heterocycles. The summed E-state index contributed by atoms with van der Waals surface area (Å²) < 4.78 is 4.97. The quantitative estimate of drug-likeness (QED) is 0.221. The van der Waals surface area contributed by atoms with Crippen molar-refractivity contribution in [2.24, 2.45) is 0 Å². The van der Waals surface area contributed by atoms with Crippen LogP contribution in [0.25, 0.3) is 0 Å². The molecule has 24 heavy (non-hydrogen) atoms.